The van der Waals surface area contributed by atoms with Crippen LogP contribution >= 0.6 is 11.8 Å². The molecule has 0 saturated heterocycles. The summed E-state index contributed by atoms with van der Waals surface area (Å²) in [7, 11) is 0. The highest BCUT2D eigenvalue weighted by Gasteiger charge is 2.37. The summed E-state index contributed by atoms with van der Waals surface area (Å²) in [6.07, 6.45) is 1.36. The first kappa shape index (κ1) is 21.2. The van der Waals surface area contributed by atoms with Crippen molar-refractivity contribution in [2.24, 2.45) is 0 Å². The van der Waals surface area contributed by atoms with Crippen LogP contribution in [0.15, 0.2) is 58.4 Å². The van der Waals surface area contributed by atoms with E-state index in [1.807, 2.05) is 0 Å². The van der Waals surface area contributed by atoms with Crippen molar-refractivity contribution < 1.29 is 23.1 Å². The van der Waals surface area contributed by atoms with Gasteiger partial charge in [-0.2, -0.15) is 0 Å². The smallest absolute Gasteiger partial charge is 0.308 e. The van der Waals surface area contributed by atoms with Crippen LogP contribution in [0, 0.1) is 11.6 Å². The van der Waals surface area contributed by atoms with Gasteiger partial charge in [-0.1, -0.05) is 24.3 Å². The van der Waals surface area contributed by atoms with Crippen molar-refractivity contribution in [3.8, 4) is 5.75 Å². The van der Waals surface area contributed by atoms with Crippen molar-refractivity contribution in [1.29, 1.82) is 0 Å². The molecule has 10 heteroatoms. The highest BCUT2D eigenvalue weighted by Crippen LogP contribution is 2.44. The first-order valence-electron chi connectivity index (χ1n) is 10.0. The predicted molar refractivity (Wildman–Crippen MR) is 117 cm³/mol. The topological polar surface area (TPSA) is 80.6 Å². The summed E-state index contributed by atoms with van der Waals surface area (Å²) in [6, 6.07) is 9.63. The van der Waals surface area contributed by atoms with Crippen LogP contribution in [0.25, 0.3) is 0 Å². The Morgan fingerprint density at radius 2 is 1.88 bits per heavy atom. The second kappa shape index (κ2) is 8.04. The van der Waals surface area contributed by atoms with Gasteiger partial charge in [0, 0.05) is 35.4 Å². The highest BCUT2D eigenvalue weighted by molar-refractivity contribution is 7.98. The number of ether oxygens (including phenoxy) is 1. The second-order valence-electron chi connectivity index (χ2n) is 7.56. The molecular weight excluding hydrogens is 452 g/mol. The van der Waals surface area contributed by atoms with Gasteiger partial charge in [-0.05, 0) is 23.3 Å². The Labute approximate surface area is 190 Å². The second-order valence-corrected chi connectivity index (χ2v) is 8.55. The van der Waals surface area contributed by atoms with Crippen molar-refractivity contribution in [2.45, 2.75) is 23.6 Å². The molecule has 1 aromatic heterocycles. The van der Waals surface area contributed by atoms with Crippen LogP contribution in [0.1, 0.15) is 40.1 Å². The van der Waals surface area contributed by atoms with Gasteiger partial charge >= 0.3 is 5.97 Å². The van der Waals surface area contributed by atoms with Gasteiger partial charge in [0.25, 0.3) is 5.91 Å². The van der Waals surface area contributed by atoms with Gasteiger partial charge < -0.3 is 10.1 Å². The van der Waals surface area contributed by atoms with Gasteiger partial charge in [-0.25, -0.2) is 8.78 Å². The van der Waals surface area contributed by atoms with E-state index in [0.717, 1.165) is 13.0 Å². The number of amides is 1. The molecule has 3 heterocycles. The number of pyridine rings is 1. The molecule has 168 valence electrons. The minimum Gasteiger partial charge on any atom is -0.420 e. The molecule has 1 amide bonds. The molecule has 1 atom stereocenters. The summed E-state index contributed by atoms with van der Waals surface area (Å²) in [5.41, 5.74) is 0.683. The molecule has 0 unspecified atom stereocenters. The number of nitrogens with one attached hydrogen (secondary N) is 1. The van der Waals surface area contributed by atoms with E-state index in [9.17, 15) is 18.8 Å². The molecule has 2 aromatic carbocycles. The largest absolute Gasteiger partial charge is 0.420 e. The molecular formula is C23H17F2N3O4S. The number of halogens is 2. The number of thioether (sulfide) groups is 1. The fraction of sp³-hybridized carbons (Fsp3) is 0.174. The number of hydrogen-bond donors (Lipinski definition) is 1. The van der Waals surface area contributed by atoms with Crippen LogP contribution in [-0.4, -0.2) is 23.2 Å². The van der Waals surface area contributed by atoms with E-state index in [0.29, 0.717) is 27.3 Å². The Morgan fingerprint density at radius 3 is 2.67 bits per heavy atom. The summed E-state index contributed by atoms with van der Waals surface area (Å²) in [6.45, 7) is 1.06. The van der Waals surface area contributed by atoms with Gasteiger partial charge in [0.05, 0.1) is 0 Å². The quantitative estimate of drug-likeness (QED) is 0.581. The molecule has 5 rings (SSSR count). The molecule has 0 bridgehead atoms. The Morgan fingerprint density at radius 1 is 1.12 bits per heavy atom. The van der Waals surface area contributed by atoms with E-state index in [4.69, 9.17) is 4.74 Å². The fourth-order valence-electron chi connectivity index (χ4n) is 4.22. The van der Waals surface area contributed by atoms with Crippen LogP contribution < -0.4 is 20.5 Å². The summed E-state index contributed by atoms with van der Waals surface area (Å²) in [5, 5.41) is 4.26. The molecule has 0 aliphatic carbocycles. The maximum Gasteiger partial charge on any atom is 0.308 e. The minimum atomic E-state index is -0.839. The summed E-state index contributed by atoms with van der Waals surface area (Å²) < 4.78 is 36.5. The average Bonchev–Trinajstić information content (AvgIpc) is 2.94. The SMILES string of the molecule is CC(=O)Oc1c2n(ccc1=O)N([C@H]1c3cccc(F)c3SCc3cccc(F)c31)CNC2=O. The Kier molecular flexibility index (Phi) is 5.16. The monoisotopic (exact) mass is 469 g/mol. The molecule has 0 saturated carbocycles. The third-order valence-electron chi connectivity index (χ3n) is 5.55. The Hall–Kier alpha value is -3.66. The summed E-state index contributed by atoms with van der Waals surface area (Å²) in [4.78, 5) is 37.1. The lowest BCUT2D eigenvalue weighted by Crippen LogP contribution is -2.54. The maximum atomic E-state index is 15.3. The molecule has 0 spiro atoms. The molecule has 33 heavy (non-hydrogen) atoms. The van der Waals surface area contributed by atoms with E-state index in [1.54, 1.807) is 29.3 Å². The number of esters is 1. The predicted octanol–water partition coefficient (Wildman–Crippen LogP) is 3.09. The molecule has 0 fully saturated rings. The lowest BCUT2D eigenvalue weighted by Gasteiger charge is -2.40. The number of fused-ring (bicyclic) bond motifs is 3. The number of benzene rings is 2. The van der Waals surface area contributed by atoms with Crippen molar-refractivity contribution in [1.82, 2.24) is 9.99 Å². The van der Waals surface area contributed by atoms with Crippen LogP contribution in [0.4, 0.5) is 8.78 Å². The molecule has 0 radical (unpaired) electrons. The zero-order valence-corrected chi connectivity index (χ0v) is 18.1. The van der Waals surface area contributed by atoms with Crippen molar-refractivity contribution in [3.63, 3.8) is 0 Å². The van der Waals surface area contributed by atoms with Gasteiger partial charge in [-0.15, -0.1) is 11.8 Å². The van der Waals surface area contributed by atoms with E-state index >= 15 is 4.39 Å². The zero-order valence-electron chi connectivity index (χ0n) is 17.3. The fourth-order valence-corrected chi connectivity index (χ4v) is 5.33. The van der Waals surface area contributed by atoms with Crippen LogP contribution in [0.2, 0.25) is 0 Å². The lowest BCUT2D eigenvalue weighted by atomic mass is 9.93. The van der Waals surface area contributed by atoms with Gasteiger partial charge in [0.15, 0.2) is 5.69 Å². The third-order valence-corrected chi connectivity index (χ3v) is 6.73. The van der Waals surface area contributed by atoms with Crippen molar-refractivity contribution in [2.75, 3.05) is 11.7 Å². The first-order valence-corrected chi connectivity index (χ1v) is 11.0. The molecule has 1 N–H and O–H groups in total. The lowest BCUT2D eigenvalue weighted by molar-refractivity contribution is -0.132. The first-order chi connectivity index (χ1) is 15.9. The van der Waals surface area contributed by atoms with Crippen LogP contribution in [0.5, 0.6) is 5.75 Å². The Balaban J connectivity index is 1.79. The number of carbonyl (C=O) groups is 2. The molecule has 7 nitrogen and oxygen atoms in total. The van der Waals surface area contributed by atoms with Gasteiger partial charge in [0.2, 0.25) is 11.2 Å². The summed E-state index contributed by atoms with van der Waals surface area (Å²) >= 11 is 1.27. The average molecular weight is 469 g/mol. The normalized spacial score (nSPS) is 16.8. The molecule has 2 aliphatic heterocycles. The molecule has 2 aliphatic rings. The van der Waals surface area contributed by atoms with Crippen molar-refractivity contribution in [3.05, 3.63) is 92.9 Å². The van der Waals surface area contributed by atoms with E-state index in [2.05, 4.69) is 5.32 Å². The highest BCUT2D eigenvalue weighted by atomic mass is 32.2. The Bertz CT molecular complexity index is 1370. The molecule has 3 aromatic rings. The zero-order chi connectivity index (χ0) is 23.3. The van der Waals surface area contributed by atoms with E-state index in [1.165, 1.54) is 34.8 Å². The van der Waals surface area contributed by atoms with Gasteiger partial charge in [-0.3, -0.25) is 24.1 Å². The standard InChI is InChI=1S/C23H17F2N3O4S/c1-12(29)32-21-17(30)8-9-27-20(21)23(31)26-11-28(27)19-14-5-3-7-16(25)22(14)33-10-13-4-2-6-15(24)18(13)19/h2-9,19H,10-11H2,1H3,(H,26,31)/t19-/m0/s1. The van der Waals surface area contributed by atoms with Crippen molar-refractivity contribution >= 4 is 23.6 Å². The van der Waals surface area contributed by atoms with E-state index in [-0.39, 0.29) is 12.4 Å². The van der Waals surface area contributed by atoms with Gasteiger partial charge in [0.1, 0.15) is 24.3 Å². The third kappa shape index (κ3) is 3.46. The maximum absolute atomic E-state index is 15.3. The number of aromatic nitrogens is 1. The summed E-state index contributed by atoms with van der Waals surface area (Å²) in [5.74, 6) is -2.37. The van der Waals surface area contributed by atoms with E-state index < -0.39 is 40.7 Å². The number of carbonyl (C=O) groups excluding carboxylic acids is 2. The minimum absolute atomic E-state index is 0.0622. The number of rotatable bonds is 2. The van der Waals surface area contributed by atoms with Crippen LogP contribution in [-0.2, 0) is 10.5 Å². The number of nitrogens with zero attached hydrogens (tertiary/aromatic N) is 2. The van der Waals surface area contributed by atoms with Crippen LogP contribution in [0.3, 0.4) is 0 Å². The number of hydrogen-bond acceptors (Lipinski definition) is 6.